The van der Waals surface area contributed by atoms with Gasteiger partial charge in [-0.3, -0.25) is 4.57 Å². The van der Waals surface area contributed by atoms with Gasteiger partial charge in [0.15, 0.2) is 32.3 Å². The molecule has 8 nitrogen and oxygen atoms in total. The lowest BCUT2D eigenvalue weighted by molar-refractivity contribution is -0.146. The molecule has 3 rings (SSSR count). The summed E-state index contributed by atoms with van der Waals surface area (Å²) in [6.07, 6.45) is 2.21. The molecule has 0 aromatic carbocycles. The Morgan fingerprint density at radius 2 is 1.92 bits per heavy atom. The highest BCUT2D eigenvalue weighted by Gasteiger charge is 2.49. The molecule has 1 fully saturated rings. The van der Waals surface area contributed by atoms with E-state index in [1.807, 2.05) is 4.57 Å². The third-order valence-corrected chi connectivity index (χ3v) is 10.1. The van der Waals surface area contributed by atoms with Crippen molar-refractivity contribution in [1.82, 2.24) is 19.5 Å². The van der Waals surface area contributed by atoms with Gasteiger partial charge in [0.2, 0.25) is 0 Å². The predicted molar refractivity (Wildman–Crippen MR) is 102 cm³/mol. The minimum Gasteiger partial charge on any atom is -0.409 e. The zero-order valence-corrected chi connectivity index (χ0v) is 17.6. The van der Waals surface area contributed by atoms with Gasteiger partial charge in [-0.05, 0) is 18.1 Å². The van der Waals surface area contributed by atoms with Crippen molar-refractivity contribution in [2.45, 2.75) is 64.4 Å². The minimum atomic E-state index is -2.01. The summed E-state index contributed by atoms with van der Waals surface area (Å²) < 4.78 is 20.3. The number of imidazole rings is 1. The lowest BCUT2D eigenvalue weighted by Gasteiger charge is -2.40. The number of rotatable bonds is 4. The van der Waals surface area contributed by atoms with Crippen molar-refractivity contribution in [2.24, 2.45) is 5.92 Å². The maximum absolute atomic E-state index is 6.73. The highest BCUT2D eigenvalue weighted by Crippen LogP contribution is 2.44. The summed E-state index contributed by atoms with van der Waals surface area (Å²) in [7, 11) is -0.362. The number of fused-ring (bicyclic) bond motifs is 1. The fourth-order valence-electron chi connectivity index (χ4n) is 2.99. The Balaban J connectivity index is 2.01. The number of methoxy groups -OCH3 is 1. The number of nitrogens with two attached hydrogens (primary N) is 1. The van der Waals surface area contributed by atoms with Crippen LogP contribution in [0.2, 0.25) is 18.1 Å². The molecule has 0 saturated carbocycles. The van der Waals surface area contributed by atoms with E-state index in [9.17, 15) is 0 Å². The SMILES string of the molecule is CO[C@H]1O[C@@H](n2cnc3c(N)ncnc32)[C@H](O[Si](C)(C)C(C)(C)C)C1C. The Kier molecular flexibility index (Phi) is 4.85. The van der Waals surface area contributed by atoms with Gasteiger partial charge < -0.3 is 19.6 Å². The van der Waals surface area contributed by atoms with E-state index >= 15 is 0 Å². The molecule has 0 radical (unpaired) electrons. The molecule has 144 valence electrons. The van der Waals surface area contributed by atoms with Crippen LogP contribution in [0.25, 0.3) is 11.2 Å². The van der Waals surface area contributed by atoms with E-state index in [0.717, 1.165) is 0 Å². The van der Waals surface area contributed by atoms with Crippen LogP contribution in [0.1, 0.15) is 33.9 Å². The maximum atomic E-state index is 6.73. The molecule has 2 N–H and O–H groups in total. The van der Waals surface area contributed by atoms with E-state index in [4.69, 9.17) is 19.6 Å². The van der Waals surface area contributed by atoms with Gasteiger partial charge in [0.05, 0.1) is 12.4 Å². The van der Waals surface area contributed by atoms with E-state index in [0.29, 0.717) is 17.0 Å². The zero-order chi connectivity index (χ0) is 19.3. The van der Waals surface area contributed by atoms with Crippen molar-refractivity contribution < 1.29 is 13.9 Å². The predicted octanol–water partition coefficient (Wildman–Crippen LogP) is 2.94. The van der Waals surface area contributed by atoms with Crippen LogP contribution in [0.3, 0.4) is 0 Å². The molecule has 1 aliphatic rings. The van der Waals surface area contributed by atoms with Crippen molar-refractivity contribution in [3.8, 4) is 0 Å². The smallest absolute Gasteiger partial charge is 0.192 e. The summed E-state index contributed by atoms with van der Waals surface area (Å²) in [4.78, 5) is 12.7. The monoisotopic (exact) mass is 379 g/mol. The van der Waals surface area contributed by atoms with E-state index in [1.54, 1.807) is 13.4 Å². The van der Waals surface area contributed by atoms with E-state index in [1.165, 1.54) is 6.33 Å². The quantitative estimate of drug-likeness (QED) is 0.816. The lowest BCUT2D eigenvalue weighted by atomic mass is 10.1. The Morgan fingerprint density at radius 1 is 1.23 bits per heavy atom. The van der Waals surface area contributed by atoms with Crippen LogP contribution >= 0.6 is 0 Å². The summed E-state index contributed by atoms with van der Waals surface area (Å²) in [5.74, 6) is 0.417. The molecule has 0 bridgehead atoms. The first kappa shape index (κ1) is 19.2. The summed E-state index contributed by atoms with van der Waals surface area (Å²) in [5, 5.41) is 0.0893. The molecule has 0 aliphatic carbocycles. The van der Waals surface area contributed by atoms with Crippen LogP contribution in [0.5, 0.6) is 0 Å². The van der Waals surface area contributed by atoms with Crippen molar-refractivity contribution in [3.05, 3.63) is 12.7 Å². The van der Waals surface area contributed by atoms with Crippen molar-refractivity contribution >= 4 is 25.3 Å². The molecule has 3 heterocycles. The van der Waals surface area contributed by atoms with E-state index < -0.39 is 8.32 Å². The van der Waals surface area contributed by atoms with Gasteiger partial charge in [-0.2, -0.15) is 0 Å². The first-order valence-electron chi connectivity index (χ1n) is 8.86. The molecule has 2 aromatic rings. The van der Waals surface area contributed by atoms with Crippen molar-refractivity contribution in [1.29, 1.82) is 0 Å². The van der Waals surface area contributed by atoms with E-state index in [2.05, 4.69) is 55.7 Å². The van der Waals surface area contributed by atoms with Gasteiger partial charge in [-0.1, -0.05) is 27.7 Å². The summed E-state index contributed by atoms with van der Waals surface area (Å²) >= 11 is 0. The number of anilines is 1. The standard InChI is InChI=1S/C17H29N5O3Si/c1-10-12(25-26(6,7)17(2,3)4)15(24-16(10)23-5)22-9-21-11-13(18)19-8-20-14(11)22/h8-10,12,15-16H,1-7H3,(H2,18,19,20)/t10?,12-,15-,16+/m1/s1. The van der Waals surface area contributed by atoms with Crippen LogP contribution in [-0.2, 0) is 13.9 Å². The lowest BCUT2D eigenvalue weighted by Crippen LogP contribution is -2.46. The number of nitrogens with zero attached hydrogens (tertiary/aromatic N) is 4. The molecule has 0 spiro atoms. The topological polar surface area (TPSA) is 97.3 Å². The van der Waals surface area contributed by atoms with Crippen LogP contribution in [0.15, 0.2) is 12.7 Å². The van der Waals surface area contributed by atoms with Crippen LogP contribution in [-0.4, -0.2) is 47.3 Å². The number of hydrogen-bond acceptors (Lipinski definition) is 7. The third kappa shape index (κ3) is 3.13. The normalized spacial score (nSPS) is 27.3. The summed E-state index contributed by atoms with van der Waals surface area (Å²) in [6.45, 7) is 13.2. The second-order valence-corrected chi connectivity index (χ2v) is 13.2. The molecule has 4 atom stereocenters. The number of aromatic nitrogens is 4. The number of ether oxygens (including phenoxy) is 2. The van der Waals surface area contributed by atoms with Gasteiger partial charge in [0, 0.05) is 13.0 Å². The molecular formula is C17H29N5O3Si. The molecule has 1 unspecified atom stereocenters. The second-order valence-electron chi connectivity index (χ2n) is 8.42. The molecule has 1 aliphatic heterocycles. The average molecular weight is 380 g/mol. The molecule has 0 amide bonds. The first-order chi connectivity index (χ1) is 12.1. The second kappa shape index (κ2) is 6.56. The van der Waals surface area contributed by atoms with Gasteiger partial charge in [-0.15, -0.1) is 0 Å². The first-order valence-corrected chi connectivity index (χ1v) is 11.8. The average Bonchev–Trinajstić information content (AvgIpc) is 3.09. The van der Waals surface area contributed by atoms with Gasteiger partial charge in [0.25, 0.3) is 0 Å². The van der Waals surface area contributed by atoms with E-state index in [-0.39, 0.29) is 29.6 Å². The third-order valence-electron chi connectivity index (χ3n) is 5.63. The Hall–Kier alpha value is -1.55. The minimum absolute atomic E-state index is 0.0655. The van der Waals surface area contributed by atoms with Crippen molar-refractivity contribution in [3.63, 3.8) is 0 Å². The zero-order valence-electron chi connectivity index (χ0n) is 16.6. The van der Waals surface area contributed by atoms with Crippen LogP contribution in [0.4, 0.5) is 5.82 Å². The fourth-order valence-corrected chi connectivity index (χ4v) is 4.35. The molecule has 2 aromatic heterocycles. The highest BCUT2D eigenvalue weighted by molar-refractivity contribution is 6.74. The number of nitrogen functional groups attached to an aromatic ring is 1. The fraction of sp³-hybridized carbons (Fsp3) is 0.706. The molecule has 26 heavy (non-hydrogen) atoms. The molecular weight excluding hydrogens is 350 g/mol. The highest BCUT2D eigenvalue weighted by atomic mass is 28.4. The summed E-state index contributed by atoms with van der Waals surface area (Å²) in [6, 6.07) is 0. The van der Waals surface area contributed by atoms with Gasteiger partial charge in [0.1, 0.15) is 11.8 Å². The molecule has 9 heteroatoms. The van der Waals surface area contributed by atoms with Crippen LogP contribution in [0, 0.1) is 5.92 Å². The maximum Gasteiger partial charge on any atom is 0.192 e. The summed E-state index contributed by atoms with van der Waals surface area (Å²) in [5.41, 5.74) is 7.13. The van der Waals surface area contributed by atoms with Gasteiger partial charge >= 0.3 is 0 Å². The van der Waals surface area contributed by atoms with Crippen molar-refractivity contribution in [2.75, 3.05) is 12.8 Å². The molecule has 1 saturated heterocycles. The largest absolute Gasteiger partial charge is 0.409 e. The van der Waals surface area contributed by atoms with Gasteiger partial charge in [-0.25, -0.2) is 15.0 Å². The van der Waals surface area contributed by atoms with Crippen LogP contribution < -0.4 is 5.73 Å². The number of hydrogen-bond donors (Lipinski definition) is 1. The Labute approximate surface area is 155 Å². The Bertz CT molecular complexity index is 788. The Morgan fingerprint density at radius 3 is 2.54 bits per heavy atom.